The highest BCUT2D eigenvalue weighted by molar-refractivity contribution is 6.42. The predicted molar refractivity (Wildman–Crippen MR) is 136 cm³/mol. The number of quaternary nitrogens is 1. The molecular formula is C26H25Cl2FN5+. The van der Waals surface area contributed by atoms with E-state index < -0.39 is 0 Å². The molecule has 1 aromatic heterocycles. The maximum Gasteiger partial charge on any atom is 0.146 e. The van der Waals surface area contributed by atoms with Crippen LogP contribution in [-0.4, -0.2) is 36.0 Å². The van der Waals surface area contributed by atoms with Gasteiger partial charge >= 0.3 is 0 Å². The minimum absolute atomic E-state index is 0.176. The molecule has 174 valence electrons. The molecule has 0 radical (unpaired) electrons. The number of para-hydroxylation sites is 1. The first kappa shape index (κ1) is 22.7. The lowest BCUT2D eigenvalue weighted by atomic mass is 10.0. The van der Waals surface area contributed by atoms with E-state index >= 15 is 0 Å². The quantitative estimate of drug-likeness (QED) is 0.428. The van der Waals surface area contributed by atoms with Crippen molar-refractivity contribution < 1.29 is 9.29 Å². The second-order valence-corrected chi connectivity index (χ2v) is 9.26. The molecule has 0 aliphatic carbocycles. The van der Waals surface area contributed by atoms with Gasteiger partial charge in [-0.1, -0.05) is 65.7 Å². The number of aromatic nitrogens is 2. The maximum atomic E-state index is 14.2. The number of nitrogens with two attached hydrogens (primary N) is 1. The normalized spacial score (nSPS) is 14.5. The number of hydrogen-bond donors (Lipinski definition) is 2. The van der Waals surface area contributed by atoms with Gasteiger partial charge in [-0.2, -0.15) is 5.10 Å². The monoisotopic (exact) mass is 496 g/mol. The Bertz CT molecular complexity index is 1300. The summed E-state index contributed by atoms with van der Waals surface area (Å²) in [6.45, 7) is 4.03. The SMILES string of the molecule is Nc1c(-c2ccccc2)c(C[NH+]2CCN(c3ccccc3F)CC2)nn1-c1ccc(Cl)c(Cl)c1. The van der Waals surface area contributed by atoms with Gasteiger partial charge < -0.3 is 15.5 Å². The van der Waals surface area contributed by atoms with Gasteiger partial charge in [0, 0.05) is 0 Å². The lowest BCUT2D eigenvalue weighted by Gasteiger charge is -2.33. The number of nitrogen functional groups attached to an aromatic ring is 1. The van der Waals surface area contributed by atoms with Gasteiger partial charge in [-0.15, -0.1) is 0 Å². The van der Waals surface area contributed by atoms with E-state index in [9.17, 15) is 4.39 Å². The first-order valence-electron chi connectivity index (χ1n) is 11.2. The summed E-state index contributed by atoms with van der Waals surface area (Å²) in [4.78, 5) is 3.49. The lowest BCUT2D eigenvalue weighted by molar-refractivity contribution is -0.914. The molecule has 0 amide bonds. The number of nitrogens with one attached hydrogen (secondary N) is 1. The molecule has 0 unspecified atom stereocenters. The first-order chi connectivity index (χ1) is 16.5. The Morgan fingerprint density at radius 2 is 1.62 bits per heavy atom. The molecule has 0 saturated carbocycles. The molecule has 34 heavy (non-hydrogen) atoms. The molecule has 4 aromatic rings. The molecule has 2 heterocycles. The Kier molecular flexibility index (Phi) is 6.46. The van der Waals surface area contributed by atoms with Gasteiger partial charge in [-0.3, -0.25) is 0 Å². The third-order valence-electron chi connectivity index (χ3n) is 6.28. The van der Waals surface area contributed by atoms with Crippen LogP contribution < -0.4 is 15.5 Å². The van der Waals surface area contributed by atoms with Gasteiger partial charge in [0.25, 0.3) is 0 Å². The summed E-state index contributed by atoms with van der Waals surface area (Å²) in [6, 6.07) is 22.4. The second-order valence-electron chi connectivity index (χ2n) is 8.45. The molecular weight excluding hydrogens is 472 g/mol. The Hall–Kier alpha value is -3.06. The van der Waals surface area contributed by atoms with Gasteiger partial charge in [-0.25, -0.2) is 9.07 Å². The number of nitrogens with zero attached hydrogens (tertiary/aromatic N) is 3. The zero-order valence-corrected chi connectivity index (χ0v) is 20.0. The summed E-state index contributed by atoms with van der Waals surface area (Å²) in [5, 5.41) is 5.84. The Labute approximate surface area is 208 Å². The number of hydrogen-bond acceptors (Lipinski definition) is 3. The molecule has 8 heteroatoms. The fourth-order valence-electron chi connectivity index (χ4n) is 4.52. The van der Waals surface area contributed by atoms with Gasteiger partial charge in [0.2, 0.25) is 0 Å². The van der Waals surface area contributed by atoms with Crippen LogP contribution in [0.3, 0.4) is 0 Å². The minimum Gasteiger partial charge on any atom is -0.383 e. The Balaban J connectivity index is 1.43. The zero-order valence-electron chi connectivity index (χ0n) is 18.5. The van der Waals surface area contributed by atoms with Crippen LogP contribution >= 0.6 is 23.2 Å². The van der Waals surface area contributed by atoms with Crippen LogP contribution in [-0.2, 0) is 6.54 Å². The Morgan fingerprint density at radius 3 is 2.32 bits per heavy atom. The van der Waals surface area contributed by atoms with Crippen LogP contribution in [0, 0.1) is 5.82 Å². The van der Waals surface area contributed by atoms with Gasteiger partial charge in [-0.05, 0) is 35.9 Å². The van der Waals surface area contributed by atoms with Crippen LogP contribution in [0.25, 0.3) is 16.8 Å². The molecule has 0 atom stereocenters. The number of rotatable bonds is 5. The second kappa shape index (κ2) is 9.66. The van der Waals surface area contributed by atoms with E-state index in [1.165, 1.54) is 11.0 Å². The van der Waals surface area contributed by atoms with Gasteiger partial charge in [0.05, 0.1) is 53.2 Å². The lowest BCUT2D eigenvalue weighted by Crippen LogP contribution is -3.13. The summed E-state index contributed by atoms with van der Waals surface area (Å²) >= 11 is 12.4. The Morgan fingerprint density at radius 1 is 0.912 bits per heavy atom. The van der Waals surface area contributed by atoms with Crippen LogP contribution in [0.5, 0.6) is 0 Å². The van der Waals surface area contributed by atoms with E-state index in [0.717, 1.165) is 48.7 Å². The van der Waals surface area contributed by atoms with Crippen LogP contribution in [0.1, 0.15) is 5.69 Å². The van der Waals surface area contributed by atoms with Crippen molar-refractivity contribution in [2.75, 3.05) is 36.8 Å². The van der Waals surface area contributed by atoms with Gasteiger partial charge in [0.1, 0.15) is 23.9 Å². The van der Waals surface area contributed by atoms with Crippen molar-refractivity contribution in [2.24, 2.45) is 0 Å². The van der Waals surface area contributed by atoms with E-state index in [1.807, 2.05) is 48.5 Å². The summed E-state index contributed by atoms with van der Waals surface area (Å²) in [7, 11) is 0. The number of anilines is 2. The summed E-state index contributed by atoms with van der Waals surface area (Å²) in [6.07, 6.45) is 0. The predicted octanol–water partition coefficient (Wildman–Crippen LogP) is 4.47. The van der Waals surface area contributed by atoms with E-state index in [1.54, 1.807) is 22.9 Å². The van der Waals surface area contributed by atoms with Gasteiger partial charge in [0.15, 0.2) is 0 Å². The fraction of sp³-hybridized carbons (Fsp3) is 0.192. The third kappa shape index (κ3) is 4.49. The van der Waals surface area contributed by atoms with E-state index in [-0.39, 0.29) is 5.82 Å². The highest BCUT2D eigenvalue weighted by Crippen LogP contribution is 2.33. The summed E-state index contributed by atoms with van der Waals surface area (Å²) < 4.78 is 16.0. The van der Waals surface area contributed by atoms with E-state index in [0.29, 0.717) is 28.1 Å². The molecule has 1 aliphatic rings. The third-order valence-corrected chi connectivity index (χ3v) is 7.02. The molecule has 3 aromatic carbocycles. The molecule has 1 aliphatic heterocycles. The molecule has 5 rings (SSSR count). The van der Waals surface area contributed by atoms with Crippen molar-refractivity contribution in [3.8, 4) is 16.8 Å². The largest absolute Gasteiger partial charge is 0.383 e. The van der Waals surface area contributed by atoms with E-state index in [2.05, 4.69) is 4.90 Å². The van der Waals surface area contributed by atoms with Crippen molar-refractivity contribution in [3.63, 3.8) is 0 Å². The molecule has 1 saturated heterocycles. The van der Waals surface area contributed by atoms with Crippen LogP contribution in [0.4, 0.5) is 15.9 Å². The standard InChI is InChI=1S/C26H24Cl2FN5/c27-20-11-10-19(16-21(20)28)34-26(30)25(18-6-2-1-3-7-18)23(31-34)17-32-12-14-33(15-13-32)24-9-5-4-8-22(24)29/h1-11,16H,12-15,17,30H2/p+1. The first-order valence-corrected chi connectivity index (χ1v) is 12.0. The fourth-order valence-corrected chi connectivity index (χ4v) is 4.81. The number of halogens is 3. The van der Waals surface area contributed by atoms with Crippen LogP contribution in [0.15, 0.2) is 72.8 Å². The topological polar surface area (TPSA) is 51.5 Å². The van der Waals surface area contributed by atoms with Crippen molar-refractivity contribution in [2.45, 2.75) is 6.54 Å². The van der Waals surface area contributed by atoms with Crippen molar-refractivity contribution >= 4 is 34.7 Å². The average Bonchev–Trinajstić information content (AvgIpc) is 3.18. The zero-order chi connectivity index (χ0) is 23.7. The smallest absolute Gasteiger partial charge is 0.146 e. The highest BCUT2D eigenvalue weighted by atomic mass is 35.5. The van der Waals surface area contributed by atoms with Crippen molar-refractivity contribution in [3.05, 3.63) is 94.4 Å². The summed E-state index contributed by atoms with van der Waals surface area (Å²) in [5.74, 6) is 0.384. The molecule has 5 nitrogen and oxygen atoms in total. The molecule has 0 bridgehead atoms. The van der Waals surface area contributed by atoms with E-state index in [4.69, 9.17) is 34.0 Å². The van der Waals surface area contributed by atoms with Crippen LogP contribution in [0.2, 0.25) is 10.0 Å². The summed E-state index contributed by atoms with van der Waals surface area (Å²) in [5.41, 5.74) is 10.9. The maximum absolute atomic E-state index is 14.2. The number of benzene rings is 3. The average molecular weight is 497 g/mol. The molecule has 0 spiro atoms. The highest BCUT2D eigenvalue weighted by Gasteiger charge is 2.26. The van der Waals surface area contributed by atoms with Crippen molar-refractivity contribution in [1.29, 1.82) is 0 Å². The minimum atomic E-state index is -0.176. The molecule has 1 fully saturated rings. The van der Waals surface area contributed by atoms with Crippen molar-refractivity contribution in [1.82, 2.24) is 9.78 Å². The number of piperazine rings is 1. The molecule has 3 N–H and O–H groups in total.